The number of rotatable bonds is 6. The maximum absolute atomic E-state index is 11.0. The highest BCUT2D eigenvalue weighted by Crippen LogP contribution is 2.66. The van der Waals surface area contributed by atoms with Gasteiger partial charge in [-0.15, -0.1) is 0 Å². The van der Waals surface area contributed by atoms with Crippen LogP contribution in [0, 0.1) is 0 Å². The number of aliphatic hydroxyl groups excluding tert-OH is 1. The number of benzene rings is 3. The Labute approximate surface area is 235 Å². The summed E-state index contributed by atoms with van der Waals surface area (Å²) in [5.74, 6) is 1.06. The van der Waals surface area contributed by atoms with Gasteiger partial charge in [-0.1, -0.05) is 30.3 Å². The monoisotopic (exact) mass is 535 g/mol. The van der Waals surface area contributed by atoms with E-state index in [1.165, 1.54) is 11.3 Å². The molecule has 3 heterocycles. The third kappa shape index (κ3) is 4.16. The topological polar surface area (TPSA) is 76.7 Å². The molecule has 3 N–H and O–H groups in total. The summed E-state index contributed by atoms with van der Waals surface area (Å²) in [6, 6.07) is 22.0. The molecule has 7 heteroatoms. The molecule has 40 heavy (non-hydrogen) atoms. The van der Waals surface area contributed by atoms with E-state index in [9.17, 15) is 5.11 Å². The maximum Gasteiger partial charge on any atom is 0.134 e. The molecule has 1 saturated carbocycles. The maximum atomic E-state index is 11.0. The largest absolute Gasteiger partial charge is 0.497 e. The quantitative estimate of drug-likeness (QED) is 0.305. The minimum Gasteiger partial charge on any atom is -0.497 e. The zero-order chi connectivity index (χ0) is 27.4. The van der Waals surface area contributed by atoms with E-state index >= 15 is 0 Å². The van der Waals surface area contributed by atoms with Crippen LogP contribution >= 0.6 is 0 Å². The number of aromatic nitrogens is 2. The third-order valence-corrected chi connectivity index (χ3v) is 9.27. The Morgan fingerprint density at radius 2 is 1.80 bits per heavy atom. The number of hydrogen-bond acceptors (Lipinski definition) is 6. The van der Waals surface area contributed by atoms with Gasteiger partial charge in [-0.2, -0.15) is 5.10 Å². The lowest BCUT2D eigenvalue weighted by Crippen LogP contribution is -2.48. The predicted octanol–water partition coefficient (Wildman–Crippen LogP) is 5.44. The fourth-order valence-electron chi connectivity index (χ4n) is 6.75. The summed E-state index contributed by atoms with van der Waals surface area (Å²) in [6.45, 7) is 8.94. The van der Waals surface area contributed by atoms with Gasteiger partial charge in [0.15, 0.2) is 0 Å². The fourth-order valence-corrected chi connectivity index (χ4v) is 6.75. The molecule has 7 rings (SSSR count). The van der Waals surface area contributed by atoms with Gasteiger partial charge in [0.25, 0.3) is 0 Å². The first kappa shape index (κ1) is 25.2. The van der Waals surface area contributed by atoms with E-state index in [4.69, 9.17) is 4.74 Å². The molecule has 1 spiro atoms. The van der Waals surface area contributed by atoms with Crippen LogP contribution in [0.15, 0.2) is 60.7 Å². The van der Waals surface area contributed by atoms with E-state index in [1.54, 1.807) is 7.11 Å². The van der Waals surface area contributed by atoms with Gasteiger partial charge in [-0.25, -0.2) is 0 Å². The SMILES string of the molecule is COc1ccc2c(c1)C1(CC1c1ccc3c(/C=C/c4ccc(N5CCN(C(C)C)CC5)cc4)n[nH]c3c1)C(O)N2. The lowest BCUT2D eigenvalue weighted by molar-refractivity contribution is 0.166. The van der Waals surface area contributed by atoms with Crippen molar-refractivity contribution in [3.05, 3.63) is 83.0 Å². The summed E-state index contributed by atoms with van der Waals surface area (Å²) in [7, 11) is 1.68. The van der Waals surface area contributed by atoms with Crippen LogP contribution < -0.4 is 15.0 Å². The van der Waals surface area contributed by atoms with Crippen molar-refractivity contribution in [2.45, 2.75) is 43.9 Å². The first-order chi connectivity index (χ1) is 19.5. The Kier molecular flexibility index (Phi) is 6.09. The summed E-state index contributed by atoms with van der Waals surface area (Å²) < 4.78 is 5.46. The van der Waals surface area contributed by atoms with Crippen LogP contribution in [-0.4, -0.2) is 65.8 Å². The molecule has 3 aliphatic rings. The van der Waals surface area contributed by atoms with E-state index in [2.05, 4.69) is 99.8 Å². The number of hydrogen-bond donors (Lipinski definition) is 3. The van der Waals surface area contributed by atoms with Crippen LogP contribution in [0.4, 0.5) is 11.4 Å². The molecule has 0 amide bonds. The molecular weight excluding hydrogens is 498 g/mol. The van der Waals surface area contributed by atoms with Crippen molar-refractivity contribution in [3.8, 4) is 5.75 Å². The molecule has 7 nitrogen and oxygen atoms in total. The van der Waals surface area contributed by atoms with Gasteiger partial charge in [-0.3, -0.25) is 10.00 Å². The number of methoxy groups -OCH3 is 1. The van der Waals surface area contributed by atoms with Gasteiger partial charge >= 0.3 is 0 Å². The molecular formula is C33H37N5O2. The Balaban J connectivity index is 1.06. The first-order valence-electron chi connectivity index (χ1n) is 14.3. The van der Waals surface area contributed by atoms with Crippen LogP contribution in [-0.2, 0) is 5.41 Å². The summed E-state index contributed by atoms with van der Waals surface area (Å²) in [4.78, 5) is 5.02. The highest BCUT2D eigenvalue weighted by Gasteiger charge is 2.64. The van der Waals surface area contributed by atoms with E-state index in [-0.39, 0.29) is 11.3 Å². The van der Waals surface area contributed by atoms with Crippen molar-refractivity contribution in [1.82, 2.24) is 15.1 Å². The number of anilines is 2. The number of nitrogens with one attached hydrogen (secondary N) is 2. The highest BCUT2D eigenvalue weighted by molar-refractivity contribution is 5.90. The number of aliphatic hydroxyl groups is 1. The predicted molar refractivity (Wildman–Crippen MR) is 162 cm³/mol. The summed E-state index contributed by atoms with van der Waals surface area (Å²) in [5, 5.41) is 23.2. The van der Waals surface area contributed by atoms with E-state index < -0.39 is 6.23 Å². The molecule has 4 aromatic rings. The molecule has 3 atom stereocenters. The average Bonchev–Trinajstić information content (AvgIpc) is 3.53. The molecule has 3 aromatic carbocycles. The van der Waals surface area contributed by atoms with Gasteiger partial charge in [0.05, 0.1) is 18.3 Å². The van der Waals surface area contributed by atoms with Gasteiger partial charge in [0.2, 0.25) is 0 Å². The minimum absolute atomic E-state index is 0.238. The molecule has 1 aromatic heterocycles. The standard InChI is InChI=1S/C33H37N5O2/c1-21(2)37-14-16-38(17-15-37)24-8-4-22(5-9-24)6-12-29-26-11-7-23(18-31(26)36-35-29)28-20-33(28)27-19-25(40-3)10-13-30(27)34-32(33)39/h4-13,18-19,21,28,32,34,39H,14-17,20H2,1-3H3,(H,35,36)/b12-6+. The third-order valence-electron chi connectivity index (χ3n) is 9.27. The molecule has 1 aliphatic carbocycles. The van der Waals surface area contributed by atoms with Gasteiger partial charge in [0, 0.05) is 54.4 Å². The second-order valence-corrected chi connectivity index (χ2v) is 11.7. The van der Waals surface area contributed by atoms with Crippen molar-refractivity contribution in [2.24, 2.45) is 0 Å². The second kappa shape index (κ2) is 9.68. The zero-order valence-corrected chi connectivity index (χ0v) is 23.4. The van der Waals surface area contributed by atoms with E-state index in [0.29, 0.717) is 6.04 Å². The smallest absolute Gasteiger partial charge is 0.134 e. The lowest BCUT2D eigenvalue weighted by Gasteiger charge is -2.38. The van der Waals surface area contributed by atoms with Crippen molar-refractivity contribution in [3.63, 3.8) is 0 Å². The molecule has 0 bridgehead atoms. The molecule has 2 aliphatic heterocycles. The van der Waals surface area contributed by atoms with Crippen molar-refractivity contribution >= 4 is 34.4 Å². The van der Waals surface area contributed by atoms with Crippen LogP contribution in [0.1, 0.15) is 48.6 Å². The number of nitrogens with zero attached hydrogens (tertiary/aromatic N) is 3. The number of fused-ring (bicyclic) bond motifs is 3. The molecule has 3 unspecified atom stereocenters. The summed E-state index contributed by atoms with van der Waals surface area (Å²) in [6.07, 6.45) is 4.51. The first-order valence-corrected chi connectivity index (χ1v) is 14.3. The Hall–Kier alpha value is -3.81. The van der Waals surface area contributed by atoms with Crippen LogP contribution in [0.25, 0.3) is 23.1 Å². The Morgan fingerprint density at radius 3 is 2.55 bits per heavy atom. The van der Waals surface area contributed by atoms with Crippen molar-refractivity contribution in [1.29, 1.82) is 0 Å². The lowest BCUT2D eigenvalue weighted by atomic mass is 9.91. The second-order valence-electron chi connectivity index (χ2n) is 11.7. The van der Waals surface area contributed by atoms with E-state index in [0.717, 1.165) is 71.8 Å². The minimum atomic E-state index is -0.605. The number of aromatic amines is 1. The molecule has 206 valence electrons. The van der Waals surface area contributed by atoms with Crippen LogP contribution in [0.5, 0.6) is 5.75 Å². The van der Waals surface area contributed by atoms with Gasteiger partial charge < -0.3 is 20.1 Å². The average molecular weight is 536 g/mol. The summed E-state index contributed by atoms with van der Waals surface area (Å²) in [5.41, 5.74) is 7.44. The van der Waals surface area contributed by atoms with Crippen LogP contribution in [0.3, 0.4) is 0 Å². The van der Waals surface area contributed by atoms with E-state index in [1.807, 2.05) is 12.1 Å². The molecule has 1 saturated heterocycles. The molecule has 0 radical (unpaired) electrons. The number of piperazine rings is 1. The highest BCUT2D eigenvalue weighted by atomic mass is 16.5. The van der Waals surface area contributed by atoms with Gasteiger partial charge in [-0.05, 0) is 85.4 Å². The fraction of sp³-hybridized carbons (Fsp3) is 0.364. The van der Waals surface area contributed by atoms with Crippen molar-refractivity contribution in [2.75, 3.05) is 43.5 Å². The number of ether oxygens (including phenoxy) is 1. The zero-order valence-electron chi connectivity index (χ0n) is 23.4. The Bertz CT molecular complexity index is 1570. The summed E-state index contributed by atoms with van der Waals surface area (Å²) >= 11 is 0. The number of H-pyrrole nitrogens is 1. The normalized spacial score (nSPS) is 24.3. The van der Waals surface area contributed by atoms with Crippen LogP contribution in [0.2, 0.25) is 0 Å². The van der Waals surface area contributed by atoms with Crippen molar-refractivity contribution < 1.29 is 9.84 Å². The molecule has 2 fully saturated rings. The Morgan fingerprint density at radius 1 is 1.00 bits per heavy atom. The van der Waals surface area contributed by atoms with Gasteiger partial charge in [0.1, 0.15) is 12.0 Å².